The fourth-order valence-corrected chi connectivity index (χ4v) is 3.23. The van der Waals surface area contributed by atoms with Crippen molar-refractivity contribution in [2.75, 3.05) is 7.11 Å². The van der Waals surface area contributed by atoms with Crippen molar-refractivity contribution in [3.05, 3.63) is 59.9 Å². The molecule has 2 aromatic carbocycles. The lowest BCUT2D eigenvalue weighted by Crippen LogP contribution is -2.20. The first-order valence-corrected chi connectivity index (χ1v) is 7.64. The van der Waals surface area contributed by atoms with Crippen molar-refractivity contribution in [1.29, 1.82) is 0 Å². The number of phenols is 1. The molecule has 4 aromatic rings. The van der Waals surface area contributed by atoms with Crippen LogP contribution < -0.4 is 9.14 Å². The molecule has 3 heteroatoms. The first-order valence-electron chi connectivity index (χ1n) is 7.64. The first-order chi connectivity index (χ1) is 11.1. The Morgan fingerprint density at radius 1 is 0.957 bits per heavy atom. The van der Waals surface area contributed by atoms with Crippen molar-refractivity contribution in [2.45, 2.75) is 13.8 Å². The molecule has 0 aliphatic rings. The summed E-state index contributed by atoms with van der Waals surface area (Å²) in [5, 5.41) is 14.6. The van der Waals surface area contributed by atoms with Gasteiger partial charge >= 0.3 is 0 Å². The average molecular weight is 304 g/mol. The minimum atomic E-state index is 0.180. The van der Waals surface area contributed by atoms with Crippen molar-refractivity contribution in [2.24, 2.45) is 0 Å². The lowest BCUT2D eigenvalue weighted by atomic mass is 10.00. The van der Waals surface area contributed by atoms with Crippen LogP contribution in [0.2, 0.25) is 0 Å². The maximum atomic E-state index is 10.4. The summed E-state index contributed by atoms with van der Waals surface area (Å²) in [7, 11) is 1.56. The molecule has 0 unspecified atom stereocenters. The predicted octanol–water partition coefficient (Wildman–Crippen LogP) is 4.06. The monoisotopic (exact) mass is 304 g/mol. The van der Waals surface area contributed by atoms with E-state index in [1.807, 2.05) is 18.5 Å². The van der Waals surface area contributed by atoms with Crippen LogP contribution in [0, 0.1) is 13.8 Å². The Labute approximate surface area is 134 Å². The van der Waals surface area contributed by atoms with Gasteiger partial charge in [0, 0.05) is 12.1 Å². The maximum Gasteiger partial charge on any atom is 0.219 e. The highest BCUT2D eigenvalue weighted by atomic mass is 16.5. The molecular formula is C20H18NO2+. The number of phenolic OH excluding ortho intramolecular Hbond substituents is 1. The molecule has 23 heavy (non-hydrogen) atoms. The van der Waals surface area contributed by atoms with Gasteiger partial charge in [0.1, 0.15) is 0 Å². The molecule has 0 aliphatic carbocycles. The standard InChI is InChI=1S/C20H17NO2/c1-12-4-6-16-15(13(12)2)8-9-21-11-17-14(10-18(16)21)5-7-19(23-3)20(17)22/h4-11H,1-3H3/p+1. The summed E-state index contributed by atoms with van der Waals surface area (Å²) in [5.41, 5.74) is 3.73. The first kappa shape index (κ1) is 13.8. The van der Waals surface area contributed by atoms with Gasteiger partial charge in [0.25, 0.3) is 0 Å². The largest absolute Gasteiger partial charge is 0.504 e. The summed E-state index contributed by atoms with van der Waals surface area (Å²) in [5.74, 6) is 0.671. The topological polar surface area (TPSA) is 33.6 Å². The van der Waals surface area contributed by atoms with E-state index in [2.05, 4.69) is 42.5 Å². The number of nitrogens with zero attached hydrogens (tertiary/aromatic N) is 1. The molecule has 4 rings (SSSR count). The number of ether oxygens (including phenoxy) is 1. The Hall–Kier alpha value is -2.81. The minimum Gasteiger partial charge on any atom is -0.504 e. The molecule has 2 heterocycles. The summed E-state index contributed by atoms with van der Waals surface area (Å²) < 4.78 is 7.26. The summed E-state index contributed by atoms with van der Waals surface area (Å²) in [4.78, 5) is 0. The van der Waals surface area contributed by atoms with E-state index in [-0.39, 0.29) is 5.75 Å². The Morgan fingerprint density at radius 2 is 1.78 bits per heavy atom. The summed E-state index contributed by atoms with van der Waals surface area (Å²) >= 11 is 0. The van der Waals surface area contributed by atoms with Crippen LogP contribution in [0.3, 0.4) is 0 Å². The van der Waals surface area contributed by atoms with Gasteiger partial charge in [-0.25, -0.2) is 0 Å². The van der Waals surface area contributed by atoms with Gasteiger partial charge < -0.3 is 9.84 Å². The summed E-state index contributed by atoms with van der Waals surface area (Å²) in [6.07, 6.45) is 4.00. The van der Waals surface area contributed by atoms with Crippen LogP contribution in [0.25, 0.3) is 27.1 Å². The third kappa shape index (κ3) is 1.93. The van der Waals surface area contributed by atoms with Crippen molar-refractivity contribution in [3.63, 3.8) is 0 Å². The third-order valence-electron chi connectivity index (χ3n) is 4.74. The van der Waals surface area contributed by atoms with Gasteiger partial charge in [0.05, 0.1) is 17.9 Å². The van der Waals surface area contributed by atoms with Gasteiger partial charge in [-0.15, -0.1) is 0 Å². The maximum absolute atomic E-state index is 10.4. The zero-order valence-corrected chi connectivity index (χ0v) is 13.4. The lowest BCUT2D eigenvalue weighted by Gasteiger charge is -2.08. The number of rotatable bonds is 1. The van der Waals surface area contributed by atoms with E-state index in [0.717, 1.165) is 16.3 Å². The number of fused-ring (bicyclic) bond motifs is 4. The van der Waals surface area contributed by atoms with Gasteiger partial charge in [0.15, 0.2) is 23.9 Å². The Balaban J connectivity index is 2.16. The molecule has 0 bridgehead atoms. The Bertz CT molecular complexity index is 1080. The second-order valence-electron chi connectivity index (χ2n) is 5.97. The molecule has 0 amide bonds. The van der Waals surface area contributed by atoms with E-state index < -0.39 is 0 Å². The van der Waals surface area contributed by atoms with Gasteiger partial charge in [-0.2, -0.15) is 4.40 Å². The number of benzene rings is 2. The van der Waals surface area contributed by atoms with E-state index in [1.54, 1.807) is 13.2 Å². The van der Waals surface area contributed by atoms with Gasteiger partial charge in [-0.1, -0.05) is 6.07 Å². The molecule has 0 saturated heterocycles. The van der Waals surface area contributed by atoms with Crippen LogP contribution in [-0.4, -0.2) is 12.2 Å². The highest BCUT2D eigenvalue weighted by molar-refractivity contribution is 6.00. The van der Waals surface area contributed by atoms with Crippen molar-refractivity contribution in [1.82, 2.24) is 0 Å². The molecule has 0 fully saturated rings. The molecule has 2 aromatic heterocycles. The van der Waals surface area contributed by atoms with Crippen LogP contribution in [0.15, 0.2) is 48.8 Å². The van der Waals surface area contributed by atoms with Gasteiger partial charge in [-0.05, 0) is 53.9 Å². The Morgan fingerprint density at radius 3 is 2.57 bits per heavy atom. The number of aromatic nitrogens is 1. The van der Waals surface area contributed by atoms with Crippen LogP contribution in [0.5, 0.6) is 11.5 Å². The highest BCUT2D eigenvalue weighted by Gasteiger charge is 2.15. The fourth-order valence-electron chi connectivity index (χ4n) is 3.23. The fraction of sp³-hybridized carbons (Fsp3) is 0.150. The molecule has 0 aliphatic heterocycles. The molecular weight excluding hydrogens is 286 g/mol. The normalized spacial score (nSPS) is 11.4. The smallest absolute Gasteiger partial charge is 0.219 e. The van der Waals surface area contributed by atoms with Crippen molar-refractivity contribution >= 4 is 27.1 Å². The molecule has 3 nitrogen and oxygen atoms in total. The van der Waals surface area contributed by atoms with Crippen LogP contribution >= 0.6 is 0 Å². The lowest BCUT2D eigenvalue weighted by molar-refractivity contribution is -0.509. The van der Waals surface area contributed by atoms with Crippen LogP contribution in [-0.2, 0) is 0 Å². The van der Waals surface area contributed by atoms with Crippen LogP contribution in [0.4, 0.5) is 0 Å². The summed E-state index contributed by atoms with van der Waals surface area (Å²) in [6.45, 7) is 4.29. The van der Waals surface area contributed by atoms with Gasteiger partial charge in [0.2, 0.25) is 5.52 Å². The van der Waals surface area contributed by atoms with E-state index in [0.29, 0.717) is 5.75 Å². The second kappa shape index (κ2) is 4.85. The molecule has 114 valence electrons. The minimum absolute atomic E-state index is 0.180. The number of pyridine rings is 2. The number of hydrogen-bond donors (Lipinski definition) is 1. The molecule has 1 N–H and O–H groups in total. The molecule has 0 atom stereocenters. The number of aromatic hydroxyl groups is 1. The van der Waals surface area contributed by atoms with E-state index in [1.165, 1.54) is 21.9 Å². The second-order valence-corrected chi connectivity index (χ2v) is 5.97. The average Bonchev–Trinajstić information content (AvgIpc) is 2.57. The van der Waals surface area contributed by atoms with Gasteiger partial charge in [-0.3, -0.25) is 0 Å². The summed E-state index contributed by atoms with van der Waals surface area (Å²) in [6, 6.07) is 12.4. The molecule has 0 spiro atoms. The number of aryl methyl sites for hydroxylation is 2. The van der Waals surface area contributed by atoms with E-state index in [4.69, 9.17) is 4.74 Å². The zero-order valence-electron chi connectivity index (χ0n) is 13.4. The zero-order chi connectivity index (χ0) is 16.1. The Kier molecular flexibility index (Phi) is 2.91. The van der Waals surface area contributed by atoms with Crippen molar-refractivity contribution < 1.29 is 14.2 Å². The third-order valence-corrected chi connectivity index (χ3v) is 4.74. The number of hydrogen-bond acceptors (Lipinski definition) is 2. The highest BCUT2D eigenvalue weighted by Crippen LogP contribution is 2.34. The predicted molar refractivity (Wildman–Crippen MR) is 92.3 cm³/mol. The quantitative estimate of drug-likeness (QED) is 0.327. The van der Waals surface area contributed by atoms with E-state index in [9.17, 15) is 5.11 Å². The van der Waals surface area contributed by atoms with Crippen LogP contribution in [0.1, 0.15) is 11.1 Å². The van der Waals surface area contributed by atoms with Crippen molar-refractivity contribution in [3.8, 4) is 11.5 Å². The molecule has 0 saturated carbocycles. The van der Waals surface area contributed by atoms with E-state index >= 15 is 0 Å². The number of methoxy groups -OCH3 is 1. The SMILES string of the molecule is COc1ccc2cc3c4ccc(C)c(C)c4cc[n+]3cc2c1O. The molecule has 0 radical (unpaired) electrons.